The van der Waals surface area contributed by atoms with E-state index in [-0.39, 0.29) is 23.2 Å². The van der Waals surface area contributed by atoms with Gasteiger partial charge in [-0.15, -0.1) is 0 Å². The number of amides is 1. The van der Waals surface area contributed by atoms with Crippen molar-refractivity contribution in [3.8, 4) is 0 Å². The molecule has 4 aliphatic carbocycles. The minimum atomic E-state index is -0.240. The third-order valence-electron chi connectivity index (χ3n) is 7.94. The summed E-state index contributed by atoms with van der Waals surface area (Å²) in [6, 6.07) is 6.69. The van der Waals surface area contributed by atoms with Gasteiger partial charge in [-0.05, 0) is 86.2 Å². The van der Waals surface area contributed by atoms with E-state index in [1.54, 1.807) is 0 Å². The third-order valence-corrected chi connectivity index (χ3v) is 8.19. The van der Waals surface area contributed by atoms with E-state index in [9.17, 15) is 9.18 Å². The highest BCUT2D eigenvalue weighted by atomic mass is 32.1. The minimum Gasteiger partial charge on any atom is -0.379 e. The van der Waals surface area contributed by atoms with Crippen molar-refractivity contribution >= 4 is 23.2 Å². The number of halogens is 1. The average molecular weight is 446 g/mol. The first-order valence-corrected chi connectivity index (χ1v) is 12.1. The summed E-state index contributed by atoms with van der Waals surface area (Å²) >= 11 is 5.53. The second kappa shape index (κ2) is 8.75. The van der Waals surface area contributed by atoms with Crippen LogP contribution in [0.5, 0.6) is 0 Å². The molecule has 5 aliphatic rings. The van der Waals surface area contributed by atoms with Crippen LogP contribution in [-0.4, -0.2) is 48.8 Å². The Morgan fingerprint density at radius 1 is 1.10 bits per heavy atom. The van der Waals surface area contributed by atoms with E-state index in [1.165, 1.54) is 31.4 Å². The molecule has 0 aromatic heterocycles. The van der Waals surface area contributed by atoms with Crippen molar-refractivity contribution in [2.75, 3.05) is 32.8 Å². The highest BCUT2D eigenvalue weighted by Gasteiger charge is 2.54. The van der Waals surface area contributed by atoms with E-state index < -0.39 is 0 Å². The molecule has 1 atom stereocenters. The molecule has 2 N–H and O–H groups in total. The van der Waals surface area contributed by atoms with Gasteiger partial charge in [0.15, 0.2) is 5.11 Å². The summed E-state index contributed by atoms with van der Waals surface area (Å²) < 4.78 is 18.9. The van der Waals surface area contributed by atoms with Crippen LogP contribution in [0.25, 0.3) is 0 Å². The summed E-state index contributed by atoms with van der Waals surface area (Å²) in [5.41, 5.74) is 0.826. The van der Waals surface area contributed by atoms with Crippen LogP contribution in [0.1, 0.15) is 50.1 Å². The highest BCUT2D eigenvalue weighted by molar-refractivity contribution is 7.80. The highest BCUT2D eigenvalue weighted by Crippen LogP contribution is 2.60. The molecule has 0 spiro atoms. The smallest absolute Gasteiger partial charge is 0.232 e. The number of nitrogens with zero attached hydrogens (tertiary/aromatic N) is 1. The van der Waals surface area contributed by atoms with Crippen molar-refractivity contribution in [1.82, 2.24) is 15.5 Å². The molecule has 31 heavy (non-hydrogen) atoms. The van der Waals surface area contributed by atoms with Gasteiger partial charge >= 0.3 is 0 Å². The molecule has 4 saturated carbocycles. The zero-order chi connectivity index (χ0) is 21.4. The van der Waals surface area contributed by atoms with E-state index >= 15 is 0 Å². The van der Waals surface area contributed by atoms with Gasteiger partial charge in [0.1, 0.15) is 5.82 Å². The molecule has 5 fully saturated rings. The lowest BCUT2D eigenvalue weighted by atomic mass is 9.49. The van der Waals surface area contributed by atoms with Crippen LogP contribution >= 0.6 is 12.2 Å². The Bertz CT molecular complexity index is 789. The summed E-state index contributed by atoms with van der Waals surface area (Å²) in [5, 5.41) is 6.72. The van der Waals surface area contributed by atoms with Crippen molar-refractivity contribution in [1.29, 1.82) is 0 Å². The minimum absolute atomic E-state index is 0.0406. The maximum Gasteiger partial charge on any atom is 0.232 e. The molecular formula is C24H32FN3O2S. The fourth-order valence-corrected chi connectivity index (χ4v) is 7.07. The molecule has 0 unspecified atom stereocenters. The first kappa shape index (κ1) is 21.3. The molecule has 1 saturated heterocycles. The van der Waals surface area contributed by atoms with Gasteiger partial charge in [-0.3, -0.25) is 9.69 Å². The average Bonchev–Trinajstić information content (AvgIpc) is 2.75. The van der Waals surface area contributed by atoms with E-state index in [1.807, 2.05) is 12.1 Å². The maximum absolute atomic E-state index is 13.4. The number of benzene rings is 1. The van der Waals surface area contributed by atoms with Gasteiger partial charge in [0.2, 0.25) is 5.91 Å². The van der Waals surface area contributed by atoms with Crippen LogP contribution < -0.4 is 10.6 Å². The number of thiocarbonyl (C=S) groups is 1. The topological polar surface area (TPSA) is 53.6 Å². The molecule has 7 heteroatoms. The Hall–Kier alpha value is -1.57. The molecule has 1 amide bonds. The summed E-state index contributed by atoms with van der Waals surface area (Å²) in [7, 11) is 0. The van der Waals surface area contributed by atoms with Crippen LogP contribution in [0.2, 0.25) is 0 Å². The summed E-state index contributed by atoms with van der Waals surface area (Å²) in [6.07, 6.45) is 7.02. The quantitative estimate of drug-likeness (QED) is 0.681. The van der Waals surface area contributed by atoms with Gasteiger partial charge in [-0.1, -0.05) is 12.1 Å². The molecular weight excluding hydrogens is 413 g/mol. The summed E-state index contributed by atoms with van der Waals surface area (Å²) in [4.78, 5) is 15.6. The summed E-state index contributed by atoms with van der Waals surface area (Å²) in [5.74, 6) is 2.05. The van der Waals surface area contributed by atoms with Crippen molar-refractivity contribution in [2.24, 2.45) is 23.2 Å². The monoisotopic (exact) mass is 445 g/mol. The van der Waals surface area contributed by atoms with Crippen molar-refractivity contribution in [2.45, 2.75) is 44.6 Å². The zero-order valence-corrected chi connectivity index (χ0v) is 18.8. The lowest BCUT2D eigenvalue weighted by Gasteiger charge is -2.55. The molecule has 4 bridgehead atoms. The Morgan fingerprint density at radius 3 is 2.26 bits per heavy atom. The second-order valence-electron chi connectivity index (χ2n) is 10.1. The molecule has 168 valence electrons. The SMILES string of the molecule is O=C(NC(=S)NC[C@@H](c1ccc(F)cc1)N1CCOCC1)C12CC3CC(CC(C3)C1)C2. The molecule has 1 aromatic carbocycles. The van der Waals surface area contributed by atoms with Gasteiger partial charge in [-0.2, -0.15) is 0 Å². The number of ether oxygens (including phenoxy) is 1. The van der Waals surface area contributed by atoms with E-state index in [0.717, 1.165) is 55.7 Å². The molecule has 1 aliphatic heterocycles. The molecule has 1 aromatic rings. The Labute approximate surface area is 189 Å². The van der Waals surface area contributed by atoms with Gasteiger partial charge in [-0.25, -0.2) is 4.39 Å². The molecule has 5 nitrogen and oxygen atoms in total. The lowest BCUT2D eigenvalue weighted by molar-refractivity contribution is -0.144. The first-order chi connectivity index (χ1) is 15.0. The molecule has 0 radical (unpaired) electrons. The van der Waals surface area contributed by atoms with Gasteiger partial charge < -0.3 is 15.4 Å². The predicted molar refractivity (Wildman–Crippen MR) is 121 cm³/mol. The largest absolute Gasteiger partial charge is 0.379 e. The predicted octanol–water partition coefficient (Wildman–Crippen LogP) is 3.41. The van der Waals surface area contributed by atoms with Crippen LogP contribution in [0.15, 0.2) is 24.3 Å². The Kier molecular flexibility index (Phi) is 6.01. The number of rotatable bonds is 5. The number of carbonyl (C=O) groups is 1. The van der Waals surface area contributed by atoms with Crippen LogP contribution in [0, 0.1) is 29.0 Å². The number of nitrogens with one attached hydrogen (secondary N) is 2. The maximum atomic E-state index is 13.4. The number of carbonyl (C=O) groups excluding carboxylic acids is 1. The molecule has 6 rings (SSSR count). The van der Waals surface area contributed by atoms with Crippen LogP contribution in [0.3, 0.4) is 0 Å². The van der Waals surface area contributed by atoms with E-state index in [4.69, 9.17) is 17.0 Å². The van der Waals surface area contributed by atoms with Crippen LogP contribution in [-0.2, 0) is 9.53 Å². The van der Waals surface area contributed by atoms with Gasteiger partial charge in [0.05, 0.1) is 24.7 Å². The second-order valence-corrected chi connectivity index (χ2v) is 10.5. The van der Waals surface area contributed by atoms with E-state index in [0.29, 0.717) is 24.9 Å². The number of hydrogen-bond acceptors (Lipinski definition) is 4. The van der Waals surface area contributed by atoms with Crippen molar-refractivity contribution < 1.29 is 13.9 Å². The number of hydrogen-bond donors (Lipinski definition) is 2. The standard InChI is InChI=1S/C24H32FN3O2S/c25-20-3-1-19(2-4-20)21(28-5-7-30-8-6-28)15-26-23(31)27-22(29)24-12-16-9-17(13-24)11-18(10-16)14-24/h1-4,16-18,21H,5-15H2,(H2,26,27,29,31)/t16?,17?,18?,21-,24?/m0/s1. The Balaban J connectivity index is 1.21. The zero-order valence-electron chi connectivity index (χ0n) is 17.9. The fourth-order valence-electron chi connectivity index (χ4n) is 6.89. The van der Waals surface area contributed by atoms with Crippen LogP contribution in [0.4, 0.5) is 4.39 Å². The third kappa shape index (κ3) is 4.50. The first-order valence-electron chi connectivity index (χ1n) is 11.7. The van der Waals surface area contributed by atoms with Gasteiger partial charge in [0.25, 0.3) is 0 Å². The fraction of sp³-hybridized carbons (Fsp3) is 0.667. The van der Waals surface area contributed by atoms with Gasteiger partial charge in [0, 0.05) is 19.6 Å². The summed E-state index contributed by atoms with van der Waals surface area (Å²) in [6.45, 7) is 3.56. The lowest BCUT2D eigenvalue weighted by Crippen LogP contribution is -2.56. The number of morpholine rings is 1. The van der Waals surface area contributed by atoms with E-state index in [2.05, 4.69) is 15.5 Å². The van der Waals surface area contributed by atoms with Crippen molar-refractivity contribution in [3.05, 3.63) is 35.6 Å². The van der Waals surface area contributed by atoms with Crippen molar-refractivity contribution in [3.63, 3.8) is 0 Å². The molecule has 1 heterocycles. The normalized spacial score (nSPS) is 33.1. The Morgan fingerprint density at radius 2 is 1.68 bits per heavy atom.